The molecule has 1 aromatic rings. The van der Waals surface area contributed by atoms with Crippen LogP contribution in [0.25, 0.3) is 0 Å². The van der Waals surface area contributed by atoms with Crippen LogP contribution in [-0.4, -0.2) is 48.4 Å². The zero-order chi connectivity index (χ0) is 16.3. The van der Waals surface area contributed by atoms with Gasteiger partial charge < -0.3 is 10.6 Å². The van der Waals surface area contributed by atoms with Gasteiger partial charge in [0.15, 0.2) is 9.84 Å². The van der Waals surface area contributed by atoms with E-state index in [2.05, 4.69) is 20.6 Å². The Morgan fingerprint density at radius 3 is 2.73 bits per heavy atom. The van der Waals surface area contributed by atoms with Crippen LogP contribution in [0.4, 0.5) is 5.95 Å². The van der Waals surface area contributed by atoms with E-state index in [1.807, 2.05) is 13.8 Å². The van der Waals surface area contributed by atoms with Crippen LogP contribution in [0.1, 0.15) is 36.5 Å². The Labute approximate surface area is 130 Å². The van der Waals surface area contributed by atoms with Crippen LogP contribution in [0.3, 0.4) is 0 Å². The van der Waals surface area contributed by atoms with Gasteiger partial charge in [0.25, 0.3) is 5.91 Å². The number of aryl methyl sites for hydroxylation is 1. The molecule has 7 nitrogen and oxygen atoms in total. The zero-order valence-electron chi connectivity index (χ0n) is 13.1. The molecule has 0 saturated carbocycles. The van der Waals surface area contributed by atoms with Gasteiger partial charge in [-0.15, -0.1) is 0 Å². The molecule has 0 radical (unpaired) electrons. The molecule has 122 valence electrons. The molecule has 22 heavy (non-hydrogen) atoms. The first kappa shape index (κ1) is 16.7. The Morgan fingerprint density at radius 1 is 1.41 bits per heavy atom. The number of carbonyl (C=O) groups is 1. The molecule has 0 bridgehead atoms. The van der Waals surface area contributed by atoms with Gasteiger partial charge in [-0.3, -0.25) is 4.79 Å². The van der Waals surface area contributed by atoms with Crippen molar-refractivity contribution in [3.05, 3.63) is 17.5 Å². The van der Waals surface area contributed by atoms with Crippen molar-refractivity contribution in [2.75, 3.05) is 23.4 Å². The highest BCUT2D eigenvalue weighted by atomic mass is 32.2. The minimum absolute atomic E-state index is 0.0825. The summed E-state index contributed by atoms with van der Waals surface area (Å²) in [6.45, 7) is 6.38. The van der Waals surface area contributed by atoms with E-state index in [0.717, 1.165) is 0 Å². The van der Waals surface area contributed by atoms with Gasteiger partial charge in [0, 0.05) is 18.3 Å². The number of sulfone groups is 1. The topological polar surface area (TPSA) is 101 Å². The first-order chi connectivity index (χ1) is 10.2. The summed E-state index contributed by atoms with van der Waals surface area (Å²) >= 11 is 0. The fourth-order valence-electron chi connectivity index (χ4n) is 2.23. The summed E-state index contributed by atoms with van der Waals surface area (Å²) in [5, 5.41) is 5.82. The maximum Gasteiger partial charge on any atom is 0.270 e. The highest BCUT2D eigenvalue weighted by molar-refractivity contribution is 7.91. The van der Waals surface area contributed by atoms with Crippen molar-refractivity contribution in [3.63, 3.8) is 0 Å². The molecular weight excluding hydrogens is 304 g/mol. The Morgan fingerprint density at radius 2 is 2.14 bits per heavy atom. The molecular formula is C14H22N4O3S. The van der Waals surface area contributed by atoms with Gasteiger partial charge in [0.05, 0.1) is 11.5 Å². The Hall–Kier alpha value is -1.70. The lowest BCUT2D eigenvalue weighted by molar-refractivity contribution is 0.0944. The number of aromatic nitrogens is 2. The summed E-state index contributed by atoms with van der Waals surface area (Å²) in [6, 6.07) is 1.42. The van der Waals surface area contributed by atoms with Gasteiger partial charge in [-0.2, -0.15) is 0 Å². The Bertz CT molecular complexity index is 658. The van der Waals surface area contributed by atoms with E-state index in [0.29, 0.717) is 30.5 Å². The molecule has 0 aliphatic carbocycles. The second-order valence-corrected chi connectivity index (χ2v) is 8.30. The Balaban J connectivity index is 2.08. The molecule has 1 saturated heterocycles. The largest absolute Gasteiger partial charge is 0.350 e. The van der Waals surface area contributed by atoms with E-state index in [1.54, 1.807) is 13.0 Å². The second-order valence-electron chi connectivity index (χ2n) is 6.07. The lowest BCUT2D eigenvalue weighted by Gasteiger charge is -2.13. The predicted molar refractivity (Wildman–Crippen MR) is 84.6 cm³/mol. The van der Waals surface area contributed by atoms with Crippen molar-refractivity contribution in [2.45, 2.75) is 33.2 Å². The van der Waals surface area contributed by atoms with Gasteiger partial charge in [0.1, 0.15) is 5.69 Å². The fraction of sp³-hybridized carbons (Fsp3) is 0.643. The highest BCUT2D eigenvalue weighted by Gasteiger charge is 2.28. The lowest BCUT2D eigenvalue weighted by Crippen LogP contribution is -2.29. The number of hydrogen-bond acceptors (Lipinski definition) is 6. The van der Waals surface area contributed by atoms with E-state index in [9.17, 15) is 13.2 Å². The summed E-state index contributed by atoms with van der Waals surface area (Å²) in [6.07, 6.45) is 0.536. The molecule has 1 aliphatic heterocycles. The minimum atomic E-state index is -2.97. The van der Waals surface area contributed by atoms with Crippen molar-refractivity contribution in [2.24, 2.45) is 5.92 Å². The van der Waals surface area contributed by atoms with Crippen LogP contribution in [0, 0.1) is 12.8 Å². The van der Waals surface area contributed by atoms with Crippen molar-refractivity contribution in [1.82, 2.24) is 15.3 Å². The third-order valence-electron chi connectivity index (χ3n) is 3.32. The van der Waals surface area contributed by atoms with Crippen LogP contribution < -0.4 is 10.6 Å². The van der Waals surface area contributed by atoms with Crippen LogP contribution in [0.2, 0.25) is 0 Å². The summed E-state index contributed by atoms with van der Waals surface area (Å²) < 4.78 is 23.0. The van der Waals surface area contributed by atoms with E-state index in [4.69, 9.17) is 0 Å². The number of amides is 1. The molecule has 0 spiro atoms. The lowest BCUT2D eigenvalue weighted by atomic mass is 10.2. The summed E-state index contributed by atoms with van der Waals surface area (Å²) in [4.78, 5) is 20.5. The fourth-order valence-corrected chi connectivity index (χ4v) is 3.90. The smallest absolute Gasteiger partial charge is 0.270 e. The monoisotopic (exact) mass is 326 g/mol. The van der Waals surface area contributed by atoms with Gasteiger partial charge in [-0.25, -0.2) is 18.4 Å². The SMILES string of the molecule is Cc1cc(C(=O)NCC(C)C)nc(NC2CCS(=O)(=O)C2)n1. The molecule has 2 heterocycles. The molecule has 1 aliphatic rings. The number of anilines is 1. The molecule has 1 aromatic heterocycles. The van der Waals surface area contributed by atoms with Gasteiger partial charge in [-0.05, 0) is 25.3 Å². The number of nitrogens with one attached hydrogen (secondary N) is 2. The molecule has 0 aromatic carbocycles. The molecule has 1 amide bonds. The van der Waals surface area contributed by atoms with E-state index in [-0.39, 0.29) is 29.1 Å². The maximum atomic E-state index is 12.1. The van der Waals surface area contributed by atoms with E-state index >= 15 is 0 Å². The second kappa shape index (κ2) is 6.60. The zero-order valence-corrected chi connectivity index (χ0v) is 13.9. The predicted octanol–water partition coefficient (Wildman–Crippen LogP) is 0.770. The van der Waals surface area contributed by atoms with Gasteiger partial charge in [-0.1, -0.05) is 13.8 Å². The molecule has 1 atom stereocenters. The minimum Gasteiger partial charge on any atom is -0.350 e. The summed E-state index contributed by atoms with van der Waals surface area (Å²) in [7, 11) is -2.97. The Kier molecular flexibility index (Phi) is 5.00. The molecule has 2 rings (SSSR count). The molecule has 1 fully saturated rings. The summed E-state index contributed by atoms with van der Waals surface area (Å²) in [5.74, 6) is 0.670. The quantitative estimate of drug-likeness (QED) is 0.829. The van der Waals surface area contributed by atoms with Crippen LogP contribution in [-0.2, 0) is 9.84 Å². The normalized spacial score (nSPS) is 20.1. The summed E-state index contributed by atoms with van der Waals surface area (Å²) in [5.41, 5.74) is 0.949. The number of nitrogens with zero attached hydrogens (tertiary/aromatic N) is 2. The highest BCUT2D eigenvalue weighted by Crippen LogP contribution is 2.16. The van der Waals surface area contributed by atoms with Crippen LogP contribution in [0.15, 0.2) is 6.07 Å². The first-order valence-corrected chi connectivity index (χ1v) is 9.18. The maximum absolute atomic E-state index is 12.1. The standard InChI is InChI=1S/C14H22N4O3S/c1-9(2)7-15-13(19)12-6-10(3)16-14(18-12)17-11-4-5-22(20,21)8-11/h6,9,11H,4-5,7-8H2,1-3H3,(H,15,19)(H,16,17,18). The van der Waals surface area contributed by atoms with Gasteiger partial charge in [0.2, 0.25) is 5.95 Å². The van der Waals surface area contributed by atoms with Crippen LogP contribution in [0.5, 0.6) is 0 Å². The van der Waals surface area contributed by atoms with E-state index in [1.165, 1.54) is 0 Å². The number of rotatable bonds is 5. The first-order valence-electron chi connectivity index (χ1n) is 7.36. The van der Waals surface area contributed by atoms with Crippen molar-refractivity contribution in [1.29, 1.82) is 0 Å². The van der Waals surface area contributed by atoms with Crippen LogP contribution >= 0.6 is 0 Å². The number of hydrogen-bond donors (Lipinski definition) is 2. The molecule has 8 heteroatoms. The van der Waals surface area contributed by atoms with Crippen molar-refractivity contribution < 1.29 is 13.2 Å². The van der Waals surface area contributed by atoms with Crippen molar-refractivity contribution >= 4 is 21.7 Å². The van der Waals surface area contributed by atoms with Crippen molar-refractivity contribution in [3.8, 4) is 0 Å². The third-order valence-corrected chi connectivity index (χ3v) is 5.09. The molecule has 1 unspecified atom stereocenters. The average molecular weight is 326 g/mol. The number of carbonyl (C=O) groups excluding carboxylic acids is 1. The third kappa shape index (κ3) is 4.66. The van der Waals surface area contributed by atoms with E-state index < -0.39 is 9.84 Å². The average Bonchev–Trinajstić information content (AvgIpc) is 2.74. The van der Waals surface area contributed by atoms with Gasteiger partial charge >= 0.3 is 0 Å². The molecule has 2 N–H and O–H groups in total.